The minimum absolute atomic E-state index is 0.0533. The van der Waals surface area contributed by atoms with Crippen molar-refractivity contribution in [3.8, 4) is 11.5 Å². The van der Waals surface area contributed by atoms with Crippen LogP contribution in [-0.4, -0.2) is 64.0 Å². The molecule has 32 heavy (non-hydrogen) atoms. The van der Waals surface area contributed by atoms with Crippen molar-refractivity contribution >= 4 is 28.9 Å². The van der Waals surface area contributed by atoms with Gasteiger partial charge in [-0.15, -0.1) is 0 Å². The Morgan fingerprint density at radius 1 is 1.34 bits per heavy atom. The fourth-order valence-corrected chi connectivity index (χ4v) is 4.18. The first-order valence-electron chi connectivity index (χ1n) is 9.38. The van der Waals surface area contributed by atoms with E-state index in [1.54, 1.807) is 6.92 Å². The van der Waals surface area contributed by atoms with Gasteiger partial charge in [-0.3, -0.25) is 9.59 Å². The molecule has 1 aliphatic heterocycles. The summed E-state index contributed by atoms with van der Waals surface area (Å²) in [5, 5.41) is 34.8. The number of aliphatic carboxylic acids is 1. The number of carbonyl (C=O) groups excluding carboxylic acids is 2. The van der Waals surface area contributed by atoms with Gasteiger partial charge in [0.25, 0.3) is 5.91 Å². The average molecular weight is 467 g/mol. The van der Waals surface area contributed by atoms with E-state index in [-0.39, 0.29) is 35.7 Å². The van der Waals surface area contributed by atoms with Gasteiger partial charge in [-0.25, -0.2) is 9.00 Å². The number of carbonyl (C=O) groups is 3. The van der Waals surface area contributed by atoms with Crippen molar-refractivity contribution in [1.29, 1.82) is 0 Å². The summed E-state index contributed by atoms with van der Waals surface area (Å²) in [7, 11) is 0. The van der Waals surface area contributed by atoms with Crippen LogP contribution in [0.15, 0.2) is 28.8 Å². The molecule has 1 aromatic heterocycles. The standard InChI is InChI=1S/C19H21N3O9S/c1-9-5-15(25)22(9)16(18(27)28)19(2,32(29)30)14-7-11(31-21-14)8-20-17(26)10-3-4-12(23)13(24)6-10/h3-4,6-7,9,16,23-24H,5,8H2,1-2H3,(H,20,26)(H,27,28)(H,29,30)/t9-,16+,19+/m1/s1. The van der Waals surface area contributed by atoms with Crippen molar-refractivity contribution in [2.45, 2.75) is 43.6 Å². The second-order valence-corrected chi connectivity index (χ2v) is 8.86. The van der Waals surface area contributed by atoms with E-state index in [1.807, 2.05) is 0 Å². The maximum Gasteiger partial charge on any atom is 0.328 e. The van der Waals surface area contributed by atoms with Crippen molar-refractivity contribution < 1.29 is 43.0 Å². The van der Waals surface area contributed by atoms with E-state index in [0.717, 1.165) is 17.0 Å². The molecule has 4 atom stereocenters. The highest BCUT2D eigenvalue weighted by molar-refractivity contribution is 7.80. The average Bonchev–Trinajstić information content (AvgIpc) is 3.20. The zero-order chi connectivity index (χ0) is 23.8. The molecule has 0 radical (unpaired) electrons. The number of likely N-dealkylation sites (tertiary alicyclic amines) is 1. The number of nitrogens with zero attached hydrogens (tertiary/aromatic N) is 2. The van der Waals surface area contributed by atoms with Gasteiger partial charge in [0.2, 0.25) is 5.91 Å². The third-order valence-corrected chi connectivity index (χ3v) is 6.52. The highest BCUT2D eigenvalue weighted by Gasteiger charge is 2.56. The molecule has 13 heteroatoms. The molecule has 2 aromatic rings. The summed E-state index contributed by atoms with van der Waals surface area (Å²) in [6.45, 7) is 2.61. The number of nitrogens with one attached hydrogen (secondary N) is 1. The largest absolute Gasteiger partial charge is 0.504 e. The van der Waals surface area contributed by atoms with Gasteiger partial charge in [0, 0.05) is 24.1 Å². The lowest BCUT2D eigenvalue weighted by Crippen LogP contribution is -2.65. The minimum Gasteiger partial charge on any atom is -0.504 e. The topological polar surface area (TPSA) is 190 Å². The molecule has 1 unspecified atom stereocenters. The predicted molar refractivity (Wildman–Crippen MR) is 108 cm³/mol. The van der Waals surface area contributed by atoms with E-state index < -0.39 is 51.4 Å². The summed E-state index contributed by atoms with van der Waals surface area (Å²) in [6, 6.07) is 2.61. The maximum atomic E-state index is 12.3. The van der Waals surface area contributed by atoms with Gasteiger partial charge in [0.1, 0.15) is 10.4 Å². The van der Waals surface area contributed by atoms with Crippen LogP contribution in [-0.2, 0) is 32.0 Å². The number of β-lactam (4-membered cyclic amide) rings is 1. The number of amides is 2. The molecule has 5 N–H and O–H groups in total. The maximum absolute atomic E-state index is 12.3. The van der Waals surface area contributed by atoms with E-state index in [1.165, 1.54) is 19.1 Å². The van der Waals surface area contributed by atoms with Gasteiger partial charge in [0.15, 0.2) is 34.4 Å². The Morgan fingerprint density at radius 3 is 2.56 bits per heavy atom. The van der Waals surface area contributed by atoms with Crippen molar-refractivity contribution in [3.05, 3.63) is 41.3 Å². The molecule has 1 aromatic carbocycles. The molecule has 0 bridgehead atoms. The summed E-state index contributed by atoms with van der Waals surface area (Å²) >= 11 is -2.76. The molecule has 3 rings (SSSR count). The van der Waals surface area contributed by atoms with Crippen molar-refractivity contribution in [3.63, 3.8) is 0 Å². The van der Waals surface area contributed by atoms with Gasteiger partial charge in [-0.1, -0.05) is 5.16 Å². The zero-order valence-electron chi connectivity index (χ0n) is 17.0. The Labute approximate surface area is 184 Å². The smallest absolute Gasteiger partial charge is 0.328 e. The van der Waals surface area contributed by atoms with Gasteiger partial charge >= 0.3 is 5.97 Å². The zero-order valence-corrected chi connectivity index (χ0v) is 17.8. The van der Waals surface area contributed by atoms with Crippen molar-refractivity contribution in [2.75, 3.05) is 0 Å². The molecule has 0 aliphatic carbocycles. The summed E-state index contributed by atoms with van der Waals surface area (Å²) in [4.78, 5) is 37.2. The molecule has 1 fully saturated rings. The first-order valence-corrected chi connectivity index (χ1v) is 10.5. The van der Waals surface area contributed by atoms with Crippen LogP contribution in [0.2, 0.25) is 0 Å². The van der Waals surface area contributed by atoms with Crippen LogP contribution in [0.3, 0.4) is 0 Å². The van der Waals surface area contributed by atoms with Crippen LogP contribution in [0.25, 0.3) is 0 Å². The number of aromatic nitrogens is 1. The molecule has 172 valence electrons. The fraction of sp³-hybridized carbons (Fsp3) is 0.368. The third-order valence-electron chi connectivity index (χ3n) is 5.36. The van der Waals surface area contributed by atoms with Crippen LogP contribution in [0, 0.1) is 0 Å². The Morgan fingerprint density at radius 2 is 2.03 bits per heavy atom. The van der Waals surface area contributed by atoms with E-state index in [2.05, 4.69) is 10.5 Å². The van der Waals surface area contributed by atoms with Crippen LogP contribution in [0.1, 0.15) is 42.1 Å². The lowest BCUT2D eigenvalue weighted by Gasteiger charge is -2.46. The Kier molecular flexibility index (Phi) is 6.23. The predicted octanol–water partition coefficient (Wildman–Crippen LogP) is 0.527. The van der Waals surface area contributed by atoms with E-state index in [0.29, 0.717) is 0 Å². The molecule has 0 saturated carbocycles. The van der Waals surface area contributed by atoms with E-state index in [4.69, 9.17) is 4.52 Å². The highest BCUT2D eigenvalue weighted by atomic mass is 32.2. The van der Waals surface area contributed by atoms with E-state index >= 15 is 0 Å². The normalized spacial score (nSPS) is 19.5. The number of aromatic hydroxyl groups is 2. The molecular weight excluding hydrogens is 446 g/mol. The SMILES string of the molecule is C[C@@H]1CC(=O)N1[C@@H](C(=O)O)[C@](C)(c1cc(CNC(=O)c2ccc(O)c(O)c2)on1)S(=O)O. The molecule has 12 nitrogen and oxygen atoms in total. The molecule has 1 aliphatic rings. The van der Waals surface area contributed by atoms with Gasteiger partial charge < -0.3 is 34.6 Å². The second-order valence-electron chi connectivity index (χ2n) is 7.52. The Bertz CT molecular complexity index is 1100. The second kappa shape index (κ2) is 8.59. The lowest BCUT2D eigenvalue weighted by atomic mass is 9.89. The number of phenols is 2. The number of benzene rings is 1. The van der Waals surface area contributed by atoms with Crippen LogP contribution in [0.4, 0.5) is 0 Å². The van der Waals surface area contributed by atoms with Crippen molar-refractivity contribution in [1.82, 2.24) is 15.4 Å². The quantitative estimate of drug-likeness (QED) is 0.208. The van der Waals surface area contributed by atoms with Crippen LogP contribution in [0.5, 0.6) is 11.5 Å². The number of phenolic OH excluding ortho intramolecular Hbond substituents is 2. The van der Waals surface area contributed by atoms with Crippen molar-refractivity contribution in [2.24, 2.45) is 0 Å². The number of carboxylic acids is 1. The Hall–Kier alpha value is -3.45. The molecule has 1 saturated heterocycles. The van der Waals surface area contributed by atoms with Crippen LogP contribution < -0.4 is 5.32 Å². The van der Waals surface area contributed by atoms with Gasteiger partial charge in [-0.05, 0) is 32.0 Å². The summed E-state index contributed by atoms with van der Waals surface area (Å²) in [5.41, 5.74) is -0.123. The van der Waals surface area contributed by atoms with Gasteiger partial charge in [-0.2, -0.15) is 0 Å². The number of rotatable bonds is 8. The molecule has 0 spiro atoms. The summed E-state index contributed by atoms with van der Waals surface area (Å²) in [5.74, 6) is -3.36. The summed E-state index contributed by atoms with van der Waals surface area (Å²) < 4.78 is 25.3. The van der Waals surface area contributed by atoms with Gasteiger partial charge in [0.05, 0.1) is 6.54 Å². The highest BCUT2D eigenvalue weighted by Crippen LogP contribution is 2.38. The number of carboxylic acid groups (broad SMARTS) is 1. The molecule has 2 heterocycles. The monoisotopic (exact) mass is 467 g/mol. The summed E-state index contributed by atoms with van der Waals surface area (Å²) in [6.07, 6.45) is 0.126. The molecule has 2 amide bonds. The number of hydrogen-bond acceptors (Lipinski definition) is 8. The van der Waals surface area contributed by atoms with E-state index in [9.17, 15) is 38.5 Å². The van der Waals surface area contributed by atoms with Crippen LogP contribution >= 0.6 is 0 Å². The third kappa shape index (κ3) is 4.03. The first-order chi connectivity index (χ1) is 15.0. The first kappa shape index (κ1) is 23.2. The molecular formula is C19H21N3O9S. The Balaban J connectivity index is 1.82. The fourth-order valence-electron chi connectivity index (χ4n) is 3.50. The minimum atomic E-state index is -2.76. The lowest BCUT2D eigenvalue weighted by molar-refractivity contribution is -0.163. The number of hydrogen-bond donors (Lipinski definition) is 5.